The highest BCUT2D eigenvalue weighted by molar-refractivity contribution is 5.85. The lowest BCUT2D eigenvalue weighted by atomic mass is 9.99. The van der Waals surface area contributed by atoms with Gasteiger partial charge < -0.3 is 16.0 Å². The molecule has 0 aromatic heterocycles. The molecule has 0 radical (unpaired) electrons. The van der Waals surface area contributed by atoms with E-state index >= 15 is 0 Å². The molecule has 23 heavy (non-hydrogen) atoms. The molecular weight excluding hydrogens is 314 g/mol. The molecule has 128 valence electrons. The Hall–Kier alpha value is -1.59. The maximum Gasteiger partial charge on any atom is 0.239 e. The molecule has 3 N–H and O–H groups in total. The van der Waals surface area contributed by atoms with E-state index in [-0.39, 0.29) is 42.7 Å². The van der Waals surface area contributed by atoms with Gasteiger partial charge in [0, 0.05) is 26.1 Å². The Balaban J connectivity index is 0.00000264. The van der Waals surface area contributed by atoms with E-state index in [1.165, 1.54) is 4.90 Å². The van der Waals surface area contributed by atoms with E-state index in [0.29, 0.717) is 13.0 Å². The molecule has 2 amide bonds. The minimum absolute atomic E-state index is 0. The predicted molar refractivity (Wildman–Crippen MR) is 93.1 cm³/mol. The number of benzene rings is 1. The number of halogens is 1. The van der Waals surface area contributed by atoms with E-state index in [2.05, 4.69) is 5.32 Å². The van der Waals surface area contributed by atoms with Crippen molar-refractivity contribution < 1.29 is 9.59 Å². The lowest BCUT2D eigenvalue weighted by molar-refractivity contribution is -0.135. The number of hydrogen-bond acceptors (Lipinski definition) is 3. The second kappa shape index (κ2) is 9.53. The summed E-state index contributed by atoms with van der Waals surface area (Å²) >= 11 is 0. The number of likely N-dealkylation sites (N-methyl/N-ethyl adjacent to an activating group) is 1. The Labute approximate surface area is 144 Å². The fourth-order valence-corrected chi connectivity index (χ4v) is 2.86. The molecule has 0 unspecified atom stereocenters. The summed E-state index contributed by atoms with van der Waals surface area (Å²) < 4.78 is 0. The Morgan fingerprint density at radius 1 is 1.26 bits per heavy atom. The van der Waals surface area contributed by atoms with Crippen LogP contribution in [-0.4, -0.2) is 36.3 Å². The van der Waals surface area contributed by atoms with Crippen molar-refractivity contribution in [2.75, 3.05) is 13.6 Å². The molecule has 1 saturated carbocycles. The van der Waals surface area contributed by atoms with Crippen LogP contribution in [0.3, 0.4) is 0 Å². The monoisotopic (exact) mass is 339 g/mol. The highest BCUT2D eigenvalue weighted by Crippen LogP contribution is 2.27. The fraction of sp³-hybridized carbons (Fsp3) is 0.529. The van der Waals surface area contributed by atoms with Gasteiger partial charge in [-0.2, -0.15) is 0 Å². The molecule has 0 saturated heterocycles. The normalized spacial score (nSPS) is 19.7. The average Bonchev–Trinajstić information content (AvgIpc) is 2.91. The number of carbonyl (C=O) groups is 2. The van der Waals surface area contributed by atoms with Crippen LogP contribution in [0.25, 0.3) is 0 Å². The Morgan fingerprint density at radius 2 is 1.96 bits per heavy atom. The number of hydrogen-bond donors (Lipinski definition) is 2. The van der Waals surface area contributed by atoms with Gasteiger partial charge in [-0.05, 0) is 24.3 Å². The lowest BCUT2D eigenvalue weighted by Crippen LogP contribution is -2.39. The number of rotatable bonds is 6. The van der Waals surface area contributed by atoms with Crippen molar-refractivity contribution in [3.63, 3.8) is 0 Å². The minimum Gasteiger partial charge on any atom is -0.350 e. The van der Waals surface area contributed by atoms with Crippen LogP contribution < -0.4 is 11.1 Å². The number of amides is 2. The first-order valence-corrected chi connectivity index (χ1v) is 7.86. The predicted octanol–water partition coefficient (Wildman–Crippen LogP) is 1.70. The standard InChI is InChI=1S/C17H25N3O2.ClH/c1-20(17(22)10-14-8-5-9-15(14)18)12-16(21)19-11-13-6-3-2-4-7-13;/h2-4,6-7,14-15H,5,8-12,18H2,1H3,(H,19,21);1H/t14-,15+;/m0./s1. The maximum atomic E-state index is 12.1. The van der Waals surface area contributed by atoms with Gasteiger partial charge in [0.15, 0.2) is 0 Å². The van der Waals surface area contributed by atoms with Crippen molar-refractivity contribution in [3.8, 4) is 0 Å². The number of nitrogens with zero attached hydrogens (tertiary/aromatic N) is 1. The highest BCUT2D eigenvalue weighted by Gasteiger charge is 2.27. The molecule has 5 nitrogen and oxygen atoms in total. The summed E-state index contributed by atoms with van der Waals surface area (Å²) in [5.74, 6) is 0.120. The molecule has 0 aliphatic heterocycles. The molecule has 1 fully saturated rings. The summed E-state index contributed by atoms with van der Waals surface area (Å²) in [7, 11) is 1.67. The topological polar surface area (TPSA) is 75.4 Å². The molecule has 1 aromatic carbocycles. The van der Waals surface area contributed by atoms with Crippen LogP contribution in [0.1, 0.15) is 31.2 Å². The molecule has 2 rings (SSSR count). The van der Waals surface area contributed by atoms with Crippen LogP contribution in [-0.2, 0) is 16.1 Å². The van der Waals surface area contributed by atoms with E-state index in [4.69, 9.17) is 5.73 Å². The fourth-order valence-electron chi connectivity index (χ4n) is 2.86. The zero-order chi connectivity index (χ0) is 15.9. The summed E-state index contributed by atoms with van der Waals surface area (Å²) in [6.07, 6.45) is 3.56. The zero-order valence-electron chi connectivity index (χ0n) is 13.5. The van der Waals surface area contributed by atoms with Crippen molar-refractivity contribution in [1.29, 1.82) is 0 Å². The van der Waals surface area contributed by atoms with Gasteiger partial charge >= 0.3 is 0 Å². The zero-order valence-corrected chi connectivity index (χ0v) is 14.3. The molecule has 1 aliphatic rings. The van der Waals surface area contributed by atoms with Crippen LogP contribution >= 0.6 is 12.4 Å². The number of nitrogens with one attached hydrogen (secondary N) is 1. The van der Waals surface area contributed by atoms with Crippen LogP contribution in [0.4, 0.5) is 0 Å². The first kappa shape index (κ1) is 19.5. The molecular formula is C17H26ClN3O2. The van der Waals surface area contributed by atoms with Gasteiger partial charge in [0.1, 0.15) is 0 Å². The molecule has 1 aliphatic carbocycles. The van der Waals surface area contributed by atoms with Gasteiger partial charge in [-0.25, -0.2) is 0 Å². The summed E-state index contributed by atoms with van der Waals surface area (Å²) in [6.45, 7) is 0.572. The molecule has 0 spiro atoms. The van der Waals surface area contributed by atoms with Crippen molar-refractivity contribution in [2.45, 2.75) is 38.3 Å². The van der Waals surface area contributed by atoms with Gasteiger partial charge in [0.25, 0.3) is 0 Å². The van der Waals surface area contributed by atoms with Crippen LogP contribution in [0.15, 0.2) is 30.3 Å². The Bertz CT molecular complexity index is 510. The molecule has 2 atom stereocenters. The minimum atomic E-state index is -0.143. The first-order chi connectivity index (χ1) is 10.6. The highest BCUT2D eigenvalue weighted by atomic mass is 35.5. The Morgan fingerprint density at radius 3 is 2.57 bits per heavy atom. The molecule has 6 heteroatoms. The van der Waals surface area contributed by atoms with Gasteiger partial charge in [-0.1, -0.05) is 36.8 Å². The van der Waals surface area contributed by atoms with Crippen molar-refractivity contribution in [1.82, 2.24) is 10.2 Å². The van der Waals surface area contributed by atoms with Crippen molar-refractivity contribution in [2.24, 2.45) is 11.7 Å². The van der Waals surface area contributed by atoms with E-state index in [1.807, 2.05) is 30.3 Å². The molecule has 1 aromatic rings. The van der Waals surface area contributed by atoms with Gasteiger partial charge in [-0.3, -0.25) is 9.59 Å². The van der Waals surface area contributed by atoms with Crippen LogP contribution in [0, 0.1) is 5.92 Å². The number of carbonyl (C=O) groups excluding carboxylic acids is 2. The third-order valence-corrected chi connectivity index (χ3v) is 4.29. The largest absolute Gasteiger partial charge is 0.350 e. The van der Waals surface area contributed by atoms with Gasteiger partial charge in [0.2, 0.25) is 11.8 Å². The quantitative estimate of drug-likeness (QED) is 0.828. The SMILES string of the molecule is CN(CC(=O)NCc1ccccc1)C(=O)C[C@@H]1CCC[C@H]1N.Cl. The summed E-state index contributed by atoms with van der Waals surface area (Å²) in [4.78, 5) is 25.5. The summed E-state index contributed by atoms with van der Waals surface area (Å²) in [6, 6.07) is 9.84. The van der Waals surface area contributed by atoms with E-state index < -0.39 is 0 Å². The van der Waals surface area contributed by atoms with Crippen molar-refractivity contribution in [3.05, 3.63) is 35.9 Å². The number of nitrogens with two attached hydrogens (primary N) is 1. The first-order valence-electron chi connectivity index (χ1n) is 7.86. The second-order valence-electron chi connectivity index (χ2n) is 6.07. The average molecular weight is 340 g/mol. The van der Waals surface area contributed by atoms with E-state index in [1.54, 1.807) is 7.05 Å². The molecule has 0 heterocycles. The third-order valence-electron chi connectivity index (χ3n) is 4.29. The summed E-state index contributed by atoms with van der Waals surface area (Å²) in [5, 5.41) is 2.83. The lowest BCUT2D eigenvalue weighted by Gasteiger charge is -2.21. The molecule has 0 bridgehead atoms. The smallest absolute Gasteiger partial charge is 0.239 e. The maximum absolute atomic E-state index is 12.1. The summed E-state index contributed by atoms with van der Waals surface area (Å²) in [5.41, 5.74) is 7.03. The van der Waals surface area contributed by atoms with Gasteiger partial charge in [-0.15, -0.1) is 12.4 Å². The van der Waals surface area contributed by atoms with Gasteiger partial charge in [0.05, 0.1) is 6.54 Å². The van der Waals surface area contributed by atoms with E-state index in [0.717, 1.165) is 24.8 Å². The van der Waals surface area contributed by atoms with Crippen molar-refractivity contribution >= 4 is 24.2 Å². The second-order valence-corrected chi connectivity index (χ2v) is 6.07. The van der Waals surface area contributed by atoms with Crippen LogP contribution in [0.2, 0.25) is 0 Å². The van der Waals surface area contributed by atoms with Crippen LogP contribution in [0.5, 0.6) is 0 Å². The van der Waals surface area contributed by atoms with E-state index in [9.17, 15) is 9.59 Å². The third kappa shape index (κ3) is 6.20. The Kier molecular flexibility index (Phi) is 8.06.